The highest BCUT2D eigenvalue weighted by molar-refractivity contribution is 5.96. The Labute approximate surface area is 104 Å². The fraction of sp³-hybridized carbons (Fsp3) is 0. The van der Waals surface area contributed by atoms with E-state index in [-0.39, 0.29) is 0 Å². The van der Waals surface area contributed by atoms with Crippen LogP contribution in [0.4, 0.5) is 5.69 Å². The molecule has 0 bridgehead atoms. The number of fused-ring (bicyclic) bond motifs is 1. The van der Waals surface area contributed by atoms with Gasteiger partial charge in [-0.3, -0.25) is 4.79 Å². The number of nitrogens with zero attached hydrogens (tertiary/aromatic N) is 1. The average molecular weight is 237 g/mol. The number of amides is 1. The molecule has 0 saturated carbocycles. The van der Waals surface area contributed by atoms with Gasteiger partial charge >= 0.3 is 0 Å². The van der Waals surface area contributed by atoms with Crippen LogP contribution in [0.3, 0.4) is 0 Å². The minimum Gasteiger partial charge on any atom is -0.345 e. The van der Waals surface area contributed by atoms with Crippen molar-refractivity contribution in [2.75, 3.05) is 5.32 Å². The molecular weight excluding hydrogens is 226 g/mol. The van der Waals surface area contributed by atoms with Crippen molar-refractivity contribution in [2.45, 2.75) is 0 Å². The third-order valence-electron chi connectivity index (χ3n) is 2.83. The number of hydrogen-bond acceptors (Lipinski definition) is 2. The molecule has 0 atom stereocenters. The Morgan fingerprint density at radius 3 is 2.78 bits per heavy atom. The van der Waals surface area contributed by atoms with Gasteiger partial charge in [-0.25, -0.2) is 4.98 Å². The summed E-state index contributed by atoms with van der Waals surface area (Å²) in [5.41, 5.74) is 4.63. The van der Waals surface area contributed by atoms with E-state index in [1.807, 2.05) is 42.5 Å². The molecule has 4 nitrogen and oxygen atoms in total. The Hall–Kier alpha value is -2.62. The zero-order valence-corrected chi connectivity index (χ0v) is 9.55. The number of H-pyrrole nitrogens is 1. The second-order valence-electron chi connectivity index (χ2n) is 3.95. The van der Waals surface area contributed by atoms with Crippen LogP contribution in [0.5, 0.6) is 0 Å². The number of carbonyl (C=O) groups excluding carboxylic acids is 1. The number of aromatic nitrogens is 2. The molecule has 1 amide bonds. The van der Waals surface area contributed by atoms with Gasteiger partial charge in [0, 0.05) is 11.3 Å². The zero-order valence-electron chi connectivity index (χ0n) is 9.55. The van der Waals surface area contributed by atoms with Gasteiger partial charge in [-0.2, -0.15) is 0 Å². The van der Waals surface area contributed by atoms with Crippen molar-refractivity contribution in [3.63, 3.8) is 0 Å². The van der Waals surface area contributed by atoms with Crippen LogP contribution in [0.15, 0.2) is 48.8 Å². The first kappa shape index (κ1) is 10.5. The van der Waals surface area contributed by atoms with Crippen molar-refractivity contribution in [3.8, 4) is 11.1 Å². The molecule has 1 aromatic heterocycles. The largest absolute Gasteiger partial charge is 0.345 e. The first-order valence-electron chi connectivity index (χ1n) is 5.61. The molecule has 0 aliphatic rings. The fourth-order valence-electron chi connectivity index (χ4n) is 2.04. The van der Waals surface area contributed by atoms with Gasteiger partial charge in [-0.15, -0.1) is 0 Å². The van der Waals surface area contributed by atoms with Crippen LogP contribution in [0.1, 0.15) is 0 Å². The van der Waals surface area contributed by atoms with E-state index in [0.29, 0.717) is 6.41 Å². The molecule has 0 spiro atoms. The monoisotopic (exact) mass is 237 g/mol. The lowest BCUT2D eigenvalue weighted by molar-refractivity contribution is -0.105. The lowest BCUT2D eigenvalue weighted by Gasteiger charge is -2.06. The summed E-state index contributed by atoms with van der Waals surface area (Å²) in [6.07, 6.45) is 2.33. The van der Waals surface area contributed by atoms with Crippen LogP contribution in [-0.2, 0) is 4.79 Å². The summed E-state index contributed by atoms with van der Waals surface area (Å²) in [5.74, 6) is 0. The maximum atomic E-state index is 10.6. The molecule has 0 unspecified atom stereocenters. The molecular formula is C14H11N3O. The van der Waals surface area contributed by atoms with Gasteiger partial charge in [0.2, 0.25) is 6.41 Å². The standard InChI is InChI=1S/C14H11N3O/c18-9-17-11-6-12(10-4-2-1-3-5-10)14-13(7-11)15-8-16-14/h1-9H,(H,15,16)(H,17,18). The fourth-order valence-corrected chi connectivity index (χ4v) is 2.04. The van der Waals surface area contributed by atoms with Crippen molar-refractivity contribution in [3.05, 3.63) is 48.8 Å². The highest BCUT2D eigenvalue weighted by atomic mass is 16.1. The normalized spacial score (nSPS) is 10.4. The summed E-state index contributed by atoms with van der Waals surface area (Å²) in [6.45, 7) is 0. The third kappa shape index (κ3) is 1.73. The molecule has 3 aromatic rings. The second kappa shape index (κ2) is 4.33. The summed E-state index contributed by atoms with van der Waals surface area (Å²) < 4.78 is 0. The van der Waals surface area contributed by atoms with Crippen LogP contribution in [0.25, 0.3) is 22.2 Å². The Morgan fingerprint density at radius 1 is 1.17 bits per heavy atom. The number of hydrogen-bond donors (Lipinski definition) is 2. The second-order valence-corrected chi connectivity index (χ2v) is 3.95. The van der Waals surface area contributed by atoms with Crippen LogP contribution in [-0.4, -0.2) is 16.4 Å². The molecule has 2 aromatic carbocycles. The number of imidazole rings is 1. The van der Waals surface area contributed by atoms with Crippen molar-refractivity contribution in [1.29, 1.82) is 0 Å². The maximum Gasteiger partial charge on any atom is 0.211 e. The van der Waals surface area contributed by atoms with Crippen LogP contribution < -0.4 is 5.32 Å². The van der Waals surface area contributed by atoms with Crippen LogP contribution in [0.2, 0.25) is 0 Å². The number of benzene rings is 2. The van der Waals surface area contributed by atoms with Crippen LogP contribution in [0, 0.1) is 0 Å². The lowest BCUT2D eigenvalue weighted by atomic mass is 10.0. The van der Waals surface area contributed by atoms with Gasteiger partial charge < -0.3 is 10.3 Å². The van der Waals surface area contributed by atoms with E-state index in [1.165, 1.54) is 0 Å². The van der Waals surface area contributed by atoms with Crippen molar-refractivity contribution in [2.24, 2.45) is 0 Å². The summed E-state index contributed by atoms with van der Waals surface area (Å²) in [6, 6.07) is 13.8. The predicted octanol–water partition coefficient (Wildman–Crippen LogP) is 2.80. The molecule has 88 valence electrons. The molecule has 3 rings (SSSR count). The molecule has 1 heterocycles. The Kier molecular flexibility index (Phi) is 2.53. The van der Waals surface area contributed by atoms with Gasteiger partial charge in [0.15, 0.2) is 0 Å². The highest BCUT2D eigenvalue weighted by Crippen LogP contribution is 2.29. The molecule has 0 radical (unpaired) electrons. The Bertz CT molecular complexity index is 689. The van der Waals surface area contributed by atoms with E-state index < -0.39 is 0 Å². The maximum absolute atomic E-state index is 10.6. The summed E-state index contributed by atoms with van der Waals surface area (Å²) in [4.78, 5) is 17.9. The molecule has 0 aliphatic heterocycles. The summed E-state index contributed by atoms with van der Waals surface area (Å²) >= 11 is 0. The first-order valence-corrected chi connectivity index (χ1v) is 5.61. The predicted molar refractivity (Wildman–Crippen MR) is 71.2 cm³/mol. The lowest BCUT2D eigenvalue weighted by Crippen LogP contribution is -1.94. The van der Waals surface area contributed by atoms with E-state index in [9.17, 15) is 4.79 Å². The van der Waals surface area contributed by atoms with Gasteiger partial charge in [0.25, 0.3) is 0 Å². The molecule has 18 heavy (non-hydrogen) atoms. The summed E-state index contributed by atoms with van der Waals surface area (Å²) in [5, 5.41) is 2.67. The van der Waals surface area contributed by atoms with E-state index in [4.69, 9.17) is 0 Å². The molecule has 0 fully saturated rings. The number of rotatable bonds is 3. The topological polar surface area (TPSA) is 57.8 Å². The van der Waals surface area contributed by atoms with E-state index in [2.05, 4.69) is 15.3 Å². The quantitative estimate of drug-likeness (QED) is 0.688. The zero-order chi connectivity index (χ0) is 12.4. The molecule has 0 saturated heterocycles. The summed E-state index contributed by atoms with van der Waals surface area (Å²) in [7, 11) is 0. The third-order valence-corrected chi connectivity index (χ3v) is 2.83. The number of nitrogens with one attached hydrogen (secondary N) is 2. The Morgan fingerprint density at radius 2 is 2.00 bits per heavy atom. The number of carbonyl (C=O) groups is 1. The number of aromatic amines is 1. The van der Waals surface area contributed by atoms with E-state index >= 15 is 0 Å². The minimum absolute atomic E-state index is 0.673. The van der Waals surface area contributed by atoms with E-state index in [0.717, 1.165) is 27.8 Å². The molecule has 4 heteroatoms. The Balaban J connectivity index is 2.26. The minimum atomic E-state index is 0.673. The van der Waals surface area contributed by atoms with E-state index in [1.54, 1.807) is 6.33 Å². The van der Waals surface area contributed by atoms with Gasteiger partial charge in [0.1, 0.15) is 0 Å². The first-order chi connectivity index (χ1) is 8.88. The van der Waals surface area contributed by atoms with Crippen molar-refractivity contribution in [1.82, 2.24) is 9.97 Å². The van der Waals surface area contributed by atoms with Crippen LogP contribution >= 0.6 is 0 Å². The van der Waals surface area contributed by atoms with Gasteiger partial charge in [-0.05, 0) is 17.7 Å². The van der Waals surface area contributed by atoms with Gasteiger partial charge in [0.05, 0.1) is 17.4 Å². The highest BCUT2D eigenvalue weighted by Gasteiger charge is 2.08. The van der Waals surface area contributed by atoms with Crippen molar-refractivity contribution >= 4 is 23.1 Å². The molecule has 0 aliphatic carbocycles. The number of anilines is 1. The van der Waals surface area contributed by atoms with Crippen molar-refractivity contribution < 1.29 is 4.79 Å². The molecule has 2 N–H and O–H groups in total. The SMILES string of the molecule is O=CNc1cc(-c2ccccc2)c2nc[nH]c2c1. The average Bonchev–Trinajstić information content (AvgIpc) is 2.87. The smallest absolute Gasteiger partial charge is 0.211 e. The van der Waals surface area contributed by atoms with Gasteiger partial charge in [-0.1, -0.05) is 30.3 Å².